The monoisotopic (exact) mass is 440 g/mol. The molecule has 0 aliphatic rings. The van der Waals surface area contributed by atoms with Gasteiger partial charge < -0.3 is 20.4 Å². The lowest BCUT2D eigenvalue weighted by Gasteiger charge is -2.19. The molecule has 7 nitrogen and oxygen atoms in total. The third kappa shape index (κ3) is 6.80. The summed E-state index contributed by atoms with van der Waals surface area (Å²) in [7, 11) is 0. The summed E-state index contributed by atoms with van der Waals surface area (Å²) in [6.07, 6.45) is 2.03. The number of rotatable bonds is 8. The quantitative estimate of drug-likeness (QED) is 0.439. The van der Waals surface area contributed by atoms with Crippen LogP contribution in [0.5, 0.6) is 0 Å². The number of aromatic amines is 1. The van der Waals surface area contributed by atoms with Crippen molar-refractivity contribution in [2.45, 2.75) is 45.6 Å². The van der Waals surface area contributed by atoms with E-state index in [1.807, 2.05) is 39.0 Å². The van der Waals surface area contributed by atoms with E-state index in [2.05, 4.69) is 20.6 Å². The molecule has 8 heteroatoms. The van der Waals surface area contributed by atoms with Gasteiger partial charge in [0.2, 0.25) is 0 Å². The molecule has 0 unspecified atom stereocenters. The Labute approximate surface area is 186 Å². The summed E-state index contributed by atoms with van der Waals surface area (Å²) in [5, 5.41) is 5.57. The molecule has 0 saturated heterocycles. The van der Waals surface area contributed by atoms with Crippen molar-refractivity contribution in [3.8, 4) is 11.1 Å². The molecule has 3 aromatic rings. The molecule has 170 valence electrons. The zero-order valence-electron chi connectivity index (χ0n) is 18.6. The number of fused-ring (bicyclic) bond motifs is 1. The highest BCUT2D eigenvalue weighted by Gasteiger charge is 2.15. The molecule has 0 atom stereocenters. The van der Waals surface area contributed by atoms with Crippen LogP contribution in [0, 0.1) is 5.82 Å². The molecule has 0 aliphatic heterocycles. The summed E-state index contributed by atoms with van der Waals surface area (Å²) in [6, 6.07) is 11.9. The molecule has 0 radical (unpaired) electrons. The van der Waals surface area contributed by atoms with Crippen LogP contribution in [-0.4, -0.2) is 40.7 Å². The van der Waals surface area contributed by atoms with Gasteiger partial charge in [-0.05, 0) is 75.4 Å². The Morgan fingerprint density at radius 3 is 2.31 bits per heavy atom. The predicted octanol–water partition coefficient (Wildman–Crippen LogP) is 4.79. The third-order valence-corrected chi connectivity index (χ3v) is 4.68. The van der Waals surface area contributed by atoms with E-state index in [1.165, 1.54) is 12.1 Å². The number of carbonyl (C=O) groups excluding carboxylic acids is 2. The van der Waals surface area contributed by atoms with Crippen molar-refractivity contribution in [3.05, 3.63) is 54.1 Å². The van der Waals surface area contributed by atoms with Crippen LogP contribution in [-0.2, 0) is 4.74 Å². The number of aromatic nitrogens is 2. The molecule has 0 spiro atoms. The average Bonchev–Trinajstić information content (AvgIpc) is 3.15. The number of halogens is 1. The highest BCUT2D eigenvalue weighted by Crippen LogP contribution is 2.23. The second-order valence-corrected chi connectivity index (χ2v) is 8.57. The largest absolute Gasteiger partial charge is 0.444 e. The van der Waals surface area contributed by atoms with E-state index in [9.17, 15) is 14.0 Å². The number of benzene rings is 2. The number of hydrogen-bond donors (Lipinski definition) is 3. The number of nitrogens with zero attached hydrogens (tertiary/aromatic N) is 1. The lowest BCUT2D eigenvalue weighted by molar-refractivity contribution is 0.0527. The average molecular weight is 441 g/mol. The van der Waals surface area contributed by atoms with Crippen LogP contribution < -0.4 is 10.6 Å². The molecular formula is C24H29FN4O3. The highest BCUT2D eigenvalue weighted by molar-refractivity contribution is 5.94. The standard InChI is InChI=1S/C24H29FN4O3/c1-24(2,3)32-23(31)27-14-6-4-5-13-26-22(30)21-28-19-12-9-17(15-20(19)29-21)16-7-10-18(25)11-8-16/h7-12,15H,4-6,13-14H2,1-3H3,(H,26,30)(H,27,31)(H,28,29). The fraction of sp³-hybridized carbons (Fsp3) is 0.375. The van der Waals surface area contributed by atoms with Gasteiger partial charge in [0.05, 0.1) is 11.0 Å². The smallest absolute Gasteiger partial charge is 0.407 e. The van der Waals surface area contributed by atoms with Crippen molar-refractivity contribution in [2.24, 2.45) is 0 Å². The molecule has 2 amide bonds. The van der Waals surface area contributed by atoms with Crippen molar-refractivity contribution in [1.82, 2.24) is 20.6 Å². The maximum atomic E-state index is 13.1. The zero-order valence-corrected chi connectivity index (χ0v) is 18.6. The van der Waals surface area contributed by atoms with Gasteiger partial charge in [-0.1, -0.05) is 18.2 Å². The van der Waals surface area contributed by atoms with E-state index in [0.29, 0.717) is 18.6 Å². The molecule has 1 heterocycles. The molecule has 32 heavy (non-hydrogen) atoms. The molecule has 3 rings (SSSR count). The topological polar surface area (TPSA) is 96.1 Å². The number of hydrogen-bond acceptors (Lipinski definition) is 4. The van der Waals surface area contributed by atoms with Crippen LogP contribution in [0.1, 0.15) is 50.7 Å². The Bertz CT molecular complexity index is 1070. The van der Waals surface area contributed by atoms with Gasteiger partial charge in [0, 0.05) is 13.1 Å². The zero-order chi connectivity index (χ0) is 23.1. The summed E-state index contributed by atoms with van der Waals surface area (Å²) < 4.78 is 18.3. The Balaban J connectivity index is 1.43. The minimum Gasteiger partial charge on any atom is -0.444 e. The molecule has 0 fully saturated rings. The normalized spacial score (nSPS) is 11.4. The van der Waals surface area contributed by atoms with Gasteiger partial charge in [0.15, 0.2) is 5.82 Å². The minimum atomic E-state index is -0.506. The number of unbranched alkanes of at least 4 members (excludes halogenated alkanes) is 2. The molecule has 2 aromatic carbocycles. The number of ether oxygens (including phenoxy) is 1. The van der Waals surface area contributed by atoms with E-state index >= 15 is 0 Å². The van der Waals surface area contributed by atoms with Crippen molar-refractivity contribution in [2.75, 3.05) is 13.1 Å². The highest BCUT2D eigenvalue weighted by atomic mass is 19.1. The Hall–Kier alpha value is -3.42. The van der Waals surface area contributed by atoms with Crippen molar-refractivity contribution >= 4 is 23.0 Å². The maximum Gasteiger partial charge on any atom is 0.407 e. The number of alkyl carbamates (subject to hydrolysis) is 1. The van der Waals surface area contributed by atoms with Crippen LogP contribution in [0.15, 0.2) is 42.5 Å². The fourth-order valence-corrected chi connectivity index (χ4v) is 3.16. The first-order valence-corrected chi connectivity index (χ1v) is 10.7. The number of imidazole rings is 1. The molecule has 3 N–H and O–H groups in total. The number of nitrogens with one attached hydrogen (secondary N) is 3. The summed E-state index contributed by atoms with van der Waals surface area (Å²) in [5.41, 5.74) is 2.72. The first kappa shape index (κ1) is 23.2. The van der Waals surface area contributed by atoms with Crippen LogP contribution >= 0.6 is 0 Å². The summed E-state index contributed by atoms with van der Waals surface area (Å²) in [4.78, 5) is 31.4. The molecule has 0 saturated carbocycles. The third-order valence-electron chi connectivity index (χ3n) is 4.68. The second-order valence-electron chi connectivity index (χ2n) is 8.57. The molecular weight excluding hydrogens is 411 g/mol. The molecule has 0 aliphatic carbocycles. The first-order chi connectivity index (χ1) is 15.2. The van der Waals surface area contributed by atoms with Gasteiger partial charge in [0.25, 0.3) is 5.91 Å². The van der Waals surface area contributed by atoms with Crippen molar-refractivity contribution in [1.29, 1.82) is 0 Å². The first-order valence-electron chi connectivity index (χ1n) is 10.7. The lowest BCUT2D eigenvalue weighted by Crippen LogP contribution is -2.33. The van der Waals surface area contributed by atoms with Crippen LogP contribution in [0.3, 0.4) is 0 Å². The second kappa shape index (κ2) is 10.3. The van der Waals surface area contributed by atoms with Crippen LogP contribution in [0.2, 0.25) is 0 Å². The maximum absolute atomic E-state index is 13.1. The Morgan fingerprint density at radius 2 is 1.62 bits per heavy atom. The minimum absolute atomic E-state index is 0.253. The SMILES string of the molecule is CC(C)(C)OC(=O)NCCCCCNC(=O)c1nc2ccc(-c3ccc(F)cc3)cc2[nH]1. The van der Waals surface area contributed by atoms with Crippen molar-refractivity contribution < 1.29 is 18.7 Å². The van der Waals surface area contributed by atoms with Gasteiger partial charge in [-0.2, -0.15) is 0 Å². The van der Waals surface area contributed by atoms with E-state index in [0.717, 1.165) is 35.9 Å². The van der Waals surface area contributed by atoms with Gasteiger partial charge in [-0.3, -0.25) is 4.79 Å². The lowest BCUT2D eigenvalue weighted by atomic mass is 10.1. The number of amides is 2. The summed E-state index contributed by atoms with van der Waals surface area (Å²) >= 11 is 0. The van der Waals surface area contributed by atoms with Gasteiger partial charge >= 0.3 is 6.09 Å². The Morgan fingerprint density at radius 1 is 0.969 bits per heavy atom. The van der Waals surface area contributed by atoms with Gasteiger partial charge in [0.1, 0.15) is 11.4 Å². The molecule has 0 bridgehead atoms. The summed E-state index contributed by atoms with van der Waals surface area (Å²) in [5.74, 6) is -0.297. The van der Waals surface area contributed by atoms with Crippen LogP contribution in [0.4, 0.5) is 9.18 Å². The van der Waals surface area contributed by atoms with Gasteiger partial charge in [-0.25, -0.2) is 14.2 Å². The number of carbonyl (C=O) groups is 2. The van der Waals surface area contributed by atoms with E-state index in [1.54, 1.807) is 12.1 Å². The van der Waals surface area contributed by atoms with Crippen molar-refractivity contribution in [3.63, 3.8) is 0 Å². The summed E-state index contributed by atoms with van der Waals surface area (Å²) in [6.45, 7) is 6.51. The van der Waals surface area contributed by atoms with E-state index in [-0.39, 0.29) is 17.5 Å². The van der Waals surface area contributed by atoms with Gasteiger partial charge in [-0.15, -0.1) is 0 Å². The van der Waals surface area contributed by atoms with Crippen LogP contribution in [0.25, 0.3) is 22.2 Å². The number of H-pyrrole nitrogens is 1. The fourth-order valence-electron chi connectivity index (χ4n) is 3.16. The van der Waals surface area contributed by atoms with E-state index in [4.69, 9.17) is 4.74 Å². The Kier molecular flexibility index (Phi) is 7.45. The predicted molar refractivity (Wildman–Crippen MR) is 122 cm³/mol. The van der Waals surface area contributed by atoms with E-state index < -0.39 is 11.7 Å². The molecule has 1 aromatic heterocycles.